The van der Waals surface area contributed by atoms with Crippen LogP contribution in [0, 0.1) is 6.92 Å². The standard InChI is InChI=1S/C23H40N2OS/c1-3-4-5-6-7-8-9-10-11-12-13-14-15-18-26-23(27)20-16-17-21(24)19(2)22(20)25/h16-17H,3-15,18,24-25H2,1-2H3. The molecule has 154 valence electrons. The van der Waals surface area contributed by atoms with Crippen LogP contribution in [0.5, 0.6) is 0 Å². The highest BCUT2D eigenvalue weighted by atomic mass is 32.1. The molecule has 0 fully saturated rings. The summed E-state index contributed by atoms with van der Waals surface area (Å²) in [5.41, 5.74) is 14.9. The van der Waals surface area contributed by atoms with E-state index in [9.17, 15) is 0 Å². The Bertz CT molecular complexity index is 545. The van der Waals surface area contributed by atoms with E-state index >= 15 is 0 Å². The fourth-order valence-electron chi connectivity index (χ4n) is 3.29. The lowest BCUT2D eigenvalue weighted by Crippen LogP contribution is -2.10. The minimum atomic E-state index is 0.481. The number of hydrogen-bond donors (Lipinski definition) is 2. The van der Waals surface area contributed by atoms with E-state index < -0.39 is 0 Å². The molecule has 0 aliphatic carbocycles. The van der Waals surface area contributed by atoms with E-state index in [1.54, 1.807) is 0 Å². The van der Waals surface area contributed by atoms with E-state index in [1.807, 2.05) is 19.1 Å². The number of ether oxygens (including phenoxy) is 1. The summed E-state index contributed by atoms with van der Waals surface area (Å²) in [6.07, 6.45) is 17.5. The largest absolute Gasteiger partial charge is 0.483 e. The lowest BCUT2D eigenvalue weighted by atomic mass is 10.0. The van der Waals surface area contributed by atoms with Crippen molar-refractivity contribution in [1.82, 2.24) is 0 Å². The third-order valence-corrected chi connectivity index (χ3v) is 5.60. The molecule has 1 aromatic rings. The molecule has 0 saturated heterocycles. The van der Waals surface area contributed by atoms with Gasteiger partial charge in [-0.1, -0.05) is 84.0 Å². The Labute approximate surface area is 172 Å². The summed E-state index contributed by atoms with van der Waals surface area (Å²) in [5.74, 6) is 0. The third kappa shape index (κ3) is 9.99. The molecule has 0 aromatic heterocycles. The van der Waals surface area contributed by atoms with Crippen LogP contribution < -0.4 is 11.5 Å². The van der Waals surface area contributed by atoms with Gasteiger partial charge in [0, 0.05) is 11.4 Å². The van der Waals surface area contributed by atoms with Crippen LogP contribution in [0.2, 0.25) is 0 Å². The summed E-state index contributed by atoms with van der Waals surface area (Å²) in [6.45, 7) is 4.85. The number of benzene rings is 1. The van der Waals surface area contributed by atoms with Gasteiger partial charge in [0.15, 0.2) is 5.05 Å². The summed E-state index contributed by atoms with van der Waals surface area (Å²) in [5, 5.41) is 0.481. The molecule has 0 saturated carbocycles. The number of anilines is 2. The van der Waals surface area contributed by atoms with Gasteiger partial charge in [0.05, 0.1) is 12.2 Å². The maximum absolute atomic E-state index is 6.09. The van der Waals surface area contributed by atoms with Crippen molar-refractivity contribution < 1.29 is 4.74 Å². The van der Waals surface area contributed by atoms with Gasteiger partial charge < -0.3 is 16.2 Å². The summed E-state index contributed by atoms with van der Waals surface area (Å²) < 4.78 is 5.71. The molecule has 4 heteroatoms. The van der Waals surface area contributed by atoms with Crippen LogP contribution in [0.15, 0.2) is 12.1 Å². The molecular weight excluding hydrogens is 352 g/mol. The molecule has 0 unspecified atom stereocenters. The van der Waals surface area contributed by atoms with Crippen LogP contribution in [-0.4, -0.2) is 11.7 Å². The van der Waals surface area contributed by atoms with Crippen molar-refractivity contribution in [3.8, 4) is 0 Å². The molecule has 0 spiro atoms. The predicted molar refractivity (Wildman–Crippen MR) is 123 cm³/mol. The van der Waals surface area contributed by atoms with Gasteiger partial charge in [-0.15, -0.1) is 0 Å². The summed E-state index contributed by atoms with van der Waals surface area (Å²) in [4.78, 5) is 0. The molecule has 0 bridgehead atoms. The number of unbranched alkanes of at least 4 members (excludes halogenated alkanes) is 12. The van der Waals surface area contributed by atoms with Crippen molar-refractivity contribution in [2.24, 2.45) is 0 Å². The minimum Gasteiger partial charge on any atom is -0.483 e. The molecule has 0 aliphatic heterocycles. The van der Waals surface area contributed by atoms with Crippen LogP contribution in [0.4, 0.5) is 11.4 Å². The fourth-order valence-corrected chi connectivity index (χ4v) is 3.55. The molecule has 0 amide bonds. The zero-order valence-electron chi connectivity index (χ0n) is 17.5. The zero-order valence-corrected chi connectivity index (χ0v) is 18.3. The van der Waals surface area contributed by atoms with Crippen molar-refractivity contribution in [2.75, 3.05) is 18.1 Å². The van der Waals surface area contributed by atoms with E-state index in [4.69, 9.17) is 28.4 Å². The molecule has 0 radical (unpaired) electrons. The van der Waals surface area contributed by atoms with Gasteiger partial charge in [0.2, 0.25) is 0 Å². The zero-order chi connectivity index (χ0) is 19.9. The average Bonchev–Trinajstić information content (AvgIpc) is 2.66. The second kappa shape index (κ2) is 14.7. The van der Waals surface area contributed by atoms with Gasteiger partial charge in [0.25, 0.3) is 0 Å². The van der Waals surface area contributed by atoms with Crippen LogP contribution in [0.3, 0.4) is 0 Å². The van der Waals surface area contributed by atoms with Gasteiger partial charge in [-0.3, -0.25) is 0 Å². The van der Waals surface area contributed by atoms with E-state index in [0.717, 1.165) is 17.5 Å². The maximum atomic E-state index is 6.09. The number of nitrogens with two attached hydrogens (primary N) is 2. The number of hydrogen-bond acceptors (Lipinski definition) is 4. The number of thiocarbonyl (C=S) groups is 1. The van der Waals surface area contributed by atoms with Crippen LogP contribution in [-0.2, 0) is 4.74 Å². The lowest BCUT2D eigenvalue weighted by molar-refractivity contribution is 0.300. The summed E-state index contributed by atoms with van der Waals surface area (Å²) >= 11 is 5.36. The Hall–Kier alpha value is -1.29. The molecular formula is C23H40N2OS. The minimum absolute atomic E-state index is 0.481. The smallest absolute Gasteiger partial charge is 0.193 e. The van der Waals surface area contributed by atoms with E-state index in [1.165, 1.54) is 77.0 Å². The Balaban J connectivity index is 1.97. The van der Waals surface area contributed by atoms with Crippen molar-refractivity contribution in [1.29, 1.82) is 0 Å². The number of rotatable bonds is 15. The van der Waals surface area contributed by atoms with E-state index in [0.29, 0.717) is 23.0 Å². The lowest BCUT2D eigenvalue weighted by Gasteiger charge is -2.12. The van der Waals surface area contributed by atoms with Crippen molar-refractivity contribution >= 4 is 28.6 Å². The van der Waals surface area contributed by atoms with Gasteiger partial charge in [-0.2, -0.15) is 0 Å². The third-order valence-electron chi connectivity index (χ3n) is 5.26. The molecule has 4 N–H and O–H groups in total. The molecule has 1 rings (SSSR count). The van der Waals surface area contributed by atoms with Crippen LogP contribution in [0.1, 0.15) is 102 Å². The maximum Gasteiger partial charge on any atom is 0.193 e. The first-order valence-corrected chi connectivity index (χ1v) is 11.3. The first-order chi connectivity index (χ1) is 13.1. The topological polar surface area (TPSA) is 61.3 Å². The highest BCUT2D eigenvalue weighted by Gasteiger charge is 2.10. The normalized spacial score (nSPS) is 10.9. The van der Waals surface area contributed by atoms with Crippen LogP contribution in [0.25, 0.3) is 0 Å². The highest BCUT2D eigenvalue weighted by Crippen LogP contribution is 2.24. The predicted octanol–water partition coefficient (Wildman–Crippen LogP) is 6.94. The van der Waals surface area contributed by atoms with Crippen LogP contribution >= 0.6 is 12.2 Å². The van der Waals surface area contributed by atoms with Gasteiger partial charge >= 0.3 is 0 Å². The van der Waals surface area contributed by atoms with Gasteiger partial charge in [-0.05, 0) is 43.3 Å². The Morgan fingerprint density at radius 3 is 1.81 bits per heavy atom. The Kier molecular flexibility index (Phi) is 13.0. The van der Waals surface area contributed by atoms with Crippen molar-refractivity contribution in [3.05, 3.63) is 23.3 Å². The molecule has 0 aliphatic rings. The molecule has 0 heterocycles. The van der Waals surface area contributed by atoms with E-state index in [2.05, 4.69) is 6.92 Å². The molecule has 1 aromatic carbocycles. The Morgan fingerprint density at radius 1 is 0.815 bits per heavy atom. The molecule has 27 heavy (non-hydrogen) atoms. The van der Waals surface area contributed by atoms with Gasteiger partial charge in [0.1, 0.15) is 0 Å². The second-order valence-corrected chi connectivity index (χ2v) is 7.99. The SMILES string of the molecule is CCCCCCCCCCCCCCCOC(=S)c1ccc(N)c(C)c1N. The van der Waals surface area contributed by atoms with Crippen molar-refractivity contribution in [2.45, 2.75) is 97.3 Å². The van der Waals surface area contributed by atoms with E-state index in [-0.39, 0.29) is 0 Å². The first kappa shape index (κ1) is 23.7. The van der Waals surface area contributed by atoms with Gasteiger partial charge in [-0.25, -0.2) is 0 Å². The summed E-state index contributed by atoms with van der Waals surface area (Å²) in [6, 6.07) is 3.69. The Morgan fingerprint density at radius 2 is 1.30 bits per heavy atom. The monoisotopic (exact) mass is 392 g/mol. The summed E-state index contributed by atoms with van der Waals surface area (Å²) in [7, 11) is 0. The molecule has 0 atom stereocenters. The number of nitrogen functional groups attached to an aromatic ring is 2. The van der Waals surface area contributed by atoms with Crippen molar-refractivity contribution in [3.63, 3.8) is 0 Å². The molecule has 3 nitrogen and oxygen atoms in total. The quantitative estimate of drug-likeness (QED) is 0.193. The fraction of sp³-hybridized carbons (Fsp3) is 0.696. The second-order valence-electron chi connectivity index (χ2n) is 7.62. The average molecular weight is 393 g/mol. The first-order valence-electron chi connectivity index (χ1n) is 10.9. The highest BCUT2D eigenvalue weighted by molar-refractivity contribution is 7.80.